The highest BCUT2D eigenvalue weighted by molar-refractivity contribution is 7.86. The van der Waals surface area contributed by atoms with Crippen LogP contribution in [-0.4, -0.2) is 43.5 Å². The third-order valence-electron chi connectivity index (χ3n) is 5.18. The van der Waals surface area contributed by atoms with Crippen LogP contribution < -0.4 is 11.1 Å². The number of hydrogen-bond donors (Lipinski definition) is 3. The van der Waals surface area contributed by atoms with E-state index in [1.165, 1.54) is 12.1 Å². The largest absolute Gasteiger partial charge is 0.397 e. The second-order valence-corrected chi connectivity index (χ2v) is 9.22. The molecule has 0 radical (unpaired) electrons. The minimum atomic E-state index is -4.76. The number of anilines is 3. The van der Waals surface area contributed by atoms with E-state index in [0.717, 1.165) is 11.6 Å². The lowest BCUT2D eigenvalue weighted by atomic mass is 9.82. The van der Waals surface area contributed by atoms with Crippen LogP contribution in [0.25, 0.3) is 0 Å². The van der Waals surface area contributed by atoms with Crippen molar-refractivity contribution in [2.24, 2.45) is 0 Å². The Morgan fingerprint density at radius 2 is 1.56 bits per heavy atom. The first kappa shape index (κ1) is 21.7. The standard InChI is InChI=1S/C23H21N3O5S/c1-26(2)12-13-6-5-7-14(10-13)25-17-11-18(32(29,30)31)21(24)20-19(17)22(27)15-8-3-4-9-16(15)23(20)28/h3-11,25H,12,24H2,1-2H3,(H,29,30,31). The molecule has 0 atom stereocenters. The Morgan fingerprint density at radius 3 is 2.16 bits per heavy atom. The molecule has 3 aromatic carbocycles. The van der Waals surface area contributed by atoms with Gasteiger partial charge in [0.05, 0.1) is 22.5 Å². The molecule has 0 amide bonds. The van der Waals surface area contributed by atoms with Crippen molar-refractivity contribution >= 4 is 38.7 Å². The fourth-order valence-electron chi connectivity index (χ4n) is 3.87. The van der Waals surface area contributed by atoms with Gasteiger partial charge < -0.3 is 16.0 Å². The minimum Gasteiger partial charge on any atom is -0.397 e. The number of nitrogen functional groups attached to an aromatic ring is 1. The van der Waals surface area contributed by atoms with Crippen molar-refractivity contribution in [1.29, 1.82) is 0 Å². The van der Waals surface area contributed by atoms with Crippen LogP contribution in [0, 0.1) is 0 Å². The van der Waals surface area contributed by atoms with E-state index in [1.54, 1.807) is 18.2 Å². The number of hydrogen-bond acceptors (Lipinski definition) is 7. The van der Waals surface area contributed by atoms with Gasteiger partial charge in [0, 0.05) is 23.4 Å². The number of nitrogens with zero attached hydrogens (tertiary/aromatic N) is 1. The molecule has 0 saturated carbocycles. The number of benzene rings is 3. The van der Waals surface area contributed by atoms with Crippen LogP contribution >= 0.6 is 0 Å². The lowest BCUT2D eigenvalue weighted by Gasteiger charge is -2.23. The van der Waals surface area contributed by atoms with Crippen molar-refractivity contribution in [2.75, 3.05) is 25.1 Å². The fraction of sp³-hybridized carbons (Fsp3) is 0.130. The molecule has 1 aliphatic rings. The highest BCUT2D eigenvalue weighted by atomic mass is 32.2. The van der Waals surface area contributed by atoms with Crippen molar-refractivity contribution in [2.45, 2.75) is 11.4 Å². The van der Waals surface area contributed by atoms with Crippen LogP contribution in [0.3, 0.4) is 0 Å². The van der Waals surface area contributed by atoms with Gasteiger partial charge in [-0.15, -0.1) is 0 Å². The van der Waals surface area contributed by atoms with Gasteiger partial charge in [-0.05, 0) is 37.9 Å². The Kier molecular flexibility index (Phi) is 5.33. The molecular weight excluding hydrogens is 430 g/mol. The molecule has 0 heterocycles. The third-order valence-corrected chi connectivity index (χ3v) is 6.08. The maximum absolute atomic E-state index is 13.3. The maximum Gasteiger partial charge on any atom is 0.296 e. The van der Waals surface area contributed by atoms with Gasteiger partial charge in [0.25, 0.3) is 10.1 Å². The molecule has 4 N–H and O–H groups in total. The lowest BCUT2D eigenvalue weighted by Crippen LogP contribution is -2.25. The summed E-state index contributed by atoms with van der Waals surface area (Å²) in [5, 5.41) is 3.04. The van der Waals surface area contributed by atoms with Gasteiger partial charge in [0.15, 0.2) is 11.6 Å². The number of rotatable bonds is 5. The summed E-state index contributed by atoms with van der Waals surface area (Å²) in [7, 11) is -0.905. The van der Waals surface area contributed by atoms with Gasteiger partial charge in [0.1, 0.15) is 4.90 Å². The molecule has 4 rings (SSSR count). The van der Waals surface area contributed by atoms with E-state index < -0.39 is 32.3 Å². The van der Waals surface area contributed by atoms with E-state index >= 15 is 0 Å². The topological polar surface area (TPSA) is 130 Å². The minimum absolute atomic E-state index is 0.0309. The molecule has 32 heavy (non-hydrogen) atoms. The molecule has 0 aromatic heterocycles. The first-order valence-corrected chi connectivity index (χ1v) is 11.1. The SMILES string of the molecule is CN(C)Cc1cccc(Nc2cc(S(=O)(=O)O)c(N)c3c2C(=O)c2ccccc2C3=O)c1. The highest BCUT2D eigenvalue weighted by Crippen LogP contribution is 2.40. The Balaban J connectivity index is 1.94. The van der Waals surface area contributed by atoms with E-state index in [-0.39, 0.29) is 27.9 Å². The maximum atomic E-state index is 13.3. The molecule has 9 heteroatoms. The normalized spacial score (nSPS) is 13.1. The van der Waals surface area contributed by atoms with Crippen LogP contribution in [0.15, 0.2) is 59.5 Å². The molecule has 0 spiro atoms. The summed E-state index contributed by atoms with van der Waals surface area (Å²) in [6.45, 7) is 0.663. The average Bonchev–Trinajstić information content (AvgIpc) is 2.72. The smallest absolute Gasteiger partial charge is 0.296 e. The van der Waals surface area contributed by atoms with E-state index in [1.807, 2.05) is 37.2 Å². The van der Waals surface area contributed by atoms with Crippen LogP contribution in [0.2, 0.25) is 0 Å². The molecular formula is C23H21N3O5S. The second kappa shape index (κ2) is 7.86. The van der Waals surface area contributed by atoms with Crippen molar-refractivity contribution in [3.63, 3.8) is 0 Å². The van der Waals surface area contributed by atoms with Crippen molar-refractivity contribution in [1.82, 2.24) is 4.90 Å². The predicted octanol–water partition coefficient (Wildman–Crippen LogP) is 3.10. The number of nitrogens with one attached hydrogen (secondary N) is 1. The number of nitrogens with two attached hydrogens (primary N) is 1. The van der Waals surface area contributed by atoms with E-state index in [9.17, 15) is 22.6 Å². The van der Waals surface area contributed by atoms with Crippen LogP contribution in [0.1, 0.15) is 37.4 Å². The first-order valence-electron chi connectivity index (χ1n) is 9.71. The zero-order chi connectivity index (χ0) is 23.2. The van der Waals surface area contributed by atoms with Gasteiger partial charge >= 0.3 is 0 Å². The van der Waals surface area contributed by atoms with E-state index in [4.69, 9.17) is 5.73 Å². The number of ketones is 2. The second-order valence-electron chi connectivity index (χ2n) is 7.83. The van der Waals surface area contributed by atoms with E-state index in [0.29, 0.717) is 12.2 Å². The summed E-state index contributed by atoms with van der Waals surface area (Å²) < 4.78 is 33.7. The van der Waals surface area contributed by atoms with Crippen molar-refractivity contribution in [3.05, 3.63) is 82.4 Å². The predicted molar refractivity (Wildman–Crippen MR) is 121 cm³/mol. The molecule has 0 saturated heterocycles. The summed E-state index contributed by atoms with van der Waals surface area (Å²) in [5.41, 5.74) is 7.22. The molecule has 8 nitrogen and oxygen atoms in total. The van der Waals surface area contributed by atoms with Crippen molar-refractivity contribution < 1.29 is 22.6 Å². The lowest BCUT2D eigenvalue weighted by molar-refractivity contribution is 0.0980. The van der Waals surface area contributed by atoms with Crippen molar-refractivity contribution in [3.8, 4) is 0 Å². The number of carbonyl (C=O) groups excluding carboxylic acids is 2. The highest BCUT2D eigenvalue weighted by Gasteiger charge is 2.36. The molecule has 164 valence electrons. The Labute approximate surface area is 185 Å². The monoisotopic (exact) mass is 451 g/mol. The average molecular weight is 452 g/mol. The van der Waals surface area contributed by atoms with Gasteiger partial charge in [-0.25, -0.2) is 0 Å². The quantitative estimate of drug-likeness (QED) is 0.312. The van der Waals surface area contributed by atoms with Gasteiger partial charge in [-0.3, -0.25) is 14.1 Å². The van der Waals surface area contributed by atoms with Crippen LogP contribution in [-0.2, 0) is 16.7 Å². The molecule has 0 fully saturated rings. The summed E-state index contributed by atoms with van der Waals surface area (Å²) >= 11 is 0. The Morgan fingerprint density at radius 1 is 0.938 bits per heavy atom. The number of carbonyl (C=O) groups is 2. The summed E-state index contributed by atoms with van der Waals surface area (Å²) in [5.74, 6) is -1.04. The summed E-state index contributed by atoms with van der Waals surface area (Å²) in [4.78, 5) is 27.9. The Hall–Kier alpha value is -3.53. The molecule has 3 aromatic rings. The molecule has 0 bridgehead atoms. The van der Waals surface area contributed by atoms with E-state index in [2.05, 4.69) is 5.32 Å². The third kappa shape index (κ3) is 3.77. The van der Waals surface area contributed by atoms with Gasteiger partial charge in [-0.1, -0.05) is 36.4 Å². The zero-order valence-corrected chi connectivity index (χ0v) is 18.2. The molecule has 0 unspecified atom stereocenters. The molecule has 1 aliphatic carbocycles. The first-order chi connectivity index (χ1) is 15.1. The van der Waals surface area contributed by atoms with Crippen LogP contribution in [0.5, 0.6) is 0 Å². The Bertz CT molecular complexity index is 1380. The summed E-state index contributed by atoms with van der Waals surface area (Å²) in [6.07, 6.45) is 0. The van der Waals surface area contributed by atoms with Gasteiger partial charge in [-0.2, -0.15) is 8.42 Å². The zero-order valence-electron chi connectivity index (χ0n) is 17.4. The summed E-state index contributed by atoms with van der Waals surface area (Å²) in [6, 6.07) is 14.7. The number of fused-ring (bicyclic) bond motifs is 2. The molecule has 0 aliphatic heterocycles. The van der Waals surface area contributed by atoms with Gasteiger partial charge in [0.2, 0.25) is 0 Å². The van der Waals surface area contributed by atoms with Crippen LogP contribution in [0.4, 0.5) is 17.1 Å². The fourth-order valence-corrected chi connectivity index (χ4v) is 4.52.